The van der Waals surface area contributed by atoms with Gasteiger partial charge in [-0.05, 0) is 37.5 Å². The number of pyridine rings is 1. The van der Waals surface area contributed by atoms with Crippen LogP contribution in [-0.2, 0) is 12.8 Å². The zero-order valence-corrected chi connectivity index (χ0v) is 11.7. The van der Waals surface area contributed by atoms with E-state index in [1.807, 2.05) is 32.0 Å². The molecule has 0 fully saturated rings. The Kier molecular flexibility index (Phi) is 3.84. The van der Waals surface area contributed by atoms with Crippen molar-refractivity contribution in [2.45, 2.75) is 40.0 Å². The Bertz CT molecular complexity index is 632. The summed E-state index contributed by atoms with van der Waals surface area (Å²) in [6, 6.07) is 5.80. The van der Waals surface area contributed by atoms with Crippen LogP contribution in [0.4, 0.5) is 0 Å². The predicted molar refractivity (Wildman–Crippen MR) is 76.8 cm³/mol. The highest BCUT2D eigenvalue weighted by Crippen LogP contribution is 2.26. The molecule has 0 atom stereocenters. The van der Waals surface area contributed by atoms with Gasteiger partial charge in [-0.25, -0.2) is 4.79 Å². The third-order valence-electron chi connectivity index (χ3n) is 3.38. The summed E-state index contributed by atoms with van der Waals surface area (Å²) < 4.78 is 0. The molecule has 0 unspecified atom stereocenters. The maximum Gasteiger partial charge on any atom is 0.336 e. The number of fused-ring (bicyclic) bond motifs is 1. The molecule has 0 saturated carbocycles. The van der Waals surface area contributed by atoms with Crippen molar-refractivity contribution < 1.29 is 9.90 Å². The van der Waals surface area contributed by atoms with Crippen LogP contribution < -0.4 is 0 Å². The van der Waals surface area contributed by atoms with Gasteiger partial charge in [0.2, 0.25) is 0 Å². The topological polar surface area (TPSA) is 50.2 Å². The fourth-order valence-electron chi connectivity index (χ4n) is 2.54. The van der Waals surface area contributed by atoms with Gasteiger partial charge in [0.15, 0.2) is 0 Å². The van der Waals surface area contributed by atoms with Gasteiger partial charge >= 0.3 is 5.97 Å². The summed E-state index contributed by atoms with van der Waals surface area (Å²) in [5.74, 6) is -0.854. The second-order valence-corrected chi connectivity index (χ2v) is 4.84. The molecule has 100 valence electrons. The van der Waals surface area contributed by atoms with Gasteiger partial charge in [-0.3, -0.25) is 4.98 Å². The van der Waals surface area contributed by atoms with E-state index < -0.39 is 5.97 Å². The summed E-state index contributed by atoms with van der Waals surface area (Å²) >= 11 is 0. The van der Waals surface area contributed by atoms with E-state index in [0.29, 0.717) is 12.0 Å². The fourth-order valence-corrected chi connectivity index (χ4v) is 2.54. The molecule has 2 aromatic rings. The third kappa shape index (κ3) is 2.46. The zero-order valence-electron chi connectivity index (χ0n) is 11.7. The van der Waals surface area contributed by atoms with Crippen molar-refractivity contribution in [3.63, 3.8) is 0 Å². The maximum absolute atomic E-state index is 11.6. The van der Waals surface area contributed by atoms with E-state index in [1.165, 1.54) is 0 Å². The van der Waals surface area contributed by atoms with Gasteiger partial charge in [0, 0.05) is 11.1 Å². The van der Waals surface area contributed by atoms with Crippen molar-refractivity contribution in [3.05, 3.63) is 40.6 Å². The van der Waals surface area contributed by atoms with Crippen molar-refractivity contribution in [1.82, 2.24) is 4.98 Å². The van der Waals surface area contributed by atoms with Gasteiger partial charge < -0.3 is 5.11 Å². The molecule has 2 rings (SSSR count). The summed E-state index contributed by atoms with van der Waals surface area (Å²) in [7, 11) is 0. The molecule has 3 heteroatoms. The van der Waals surface area contributed by atoms with E-state index in [2.05, 4.69) is 11.9 Å². The van der Waals surface area contributed by atoms with Gasteiger partial charge in [0.1, 0.15) is 0 Å². The van der Waals surface area contributed by atoms with E-state index in [9.17, 15) is 9.90 Å². The van der Waals surface area contributed by atoms with Crippen LogP contribution in [0.25, 0.3) is 10.9 Å². The van der Waals surface area contributed by atoms with E-state index >= 15 is 0 Å². The van der Waals surface area contributed by atoms with Gasteiger partial charge in [-0.2, -0.15) is 0 Å². The first-order valence-corrected chi connectivity index (χ1v) is 6.73. The number of rotatable bonds is 4. The highest BCUT2D eigenvalue weighted by molar-refractivity contribution is 6.04. The Morgan fingerprint density at radius 1 is 1.32 bits per heavy atom. The molecule has 1 aromatic heterocycles. The first-order chi connectivity index (χ1) is 9.08. The minimum Gasteiger partial charge on any atom is -0.478 e. The summed E-state index contributed by atoms with van der Waals surface area (Å²) in [6.45, 7) is 6.04. The number of nitrogens with zero attached hydrogens (tertiary/aromatic N) is 1. The quantitative estimate of drug-likeness (QED) is 0.907. The Labute approximate surface area is 113 Å². The highest BCUT2D eigenvalue weighted by Gasteiger charge is 2.18. The summed E-state index contributed by atoms with van der Waals surface area (Å²) in [4.78, 5) is 16.3. The Morgan fingerprint density at radius 3 is 2.63 bits per heavy atom. The molecule has 1 N–H and O–H groups in total. The first-order valence-electron chi connectivity index (χ1n) is 6.73. The summed E-state index contributed by atoms with van der Waals surface area (Å²) in [6.07, 6.45) is 2.50. The Hall–Kier alpha value is -1.90. The molecule has 0 saturated heterocycles. The SMILES string of the molecule is CCCc1nc2ccc(C)cc2c(C(=O)O)c1CC. The number of carbonyl (C=O) groups is 1. The predicted octanol–water partition coefficient (Wildman–Crippen LogP) is 3.76. The van der Waals surface area contributed by atoms with Crippen molar-refractivity contribution in [3.8, 4) is 0 Å². The summed E-state index contributed by atoms with van der Waals surface area (Å²) in [5.41, 5.74) is 4.08. The second kappa shape index (κ2) is 5.39. The van der Waals surface area contributed by atoms with Crippen molar-refractivity contribution in [2.75, 3.05) is 0 Å². The number of benzene rings is 1. The van der Waals surface area contributed by atoms with Crippen LogP contribution in [-0.4, -0.2) is 16.1 Å². The molecule has 3 nitrogen and oxygen atoms in total. The van der Waals surface area contributed by atoms with E-state index in [1.54, 1.807) is 0 Å². The number of carboxylic acids is 1. The lowest BCUT2D eigenvalue weighted by atomic mass is 9.96. The molecule has 1 aromatic carbocycles. The third-order valence-corrected chi connectivity index (χ3v) is 3.38. The standard InChI is InChI=1S/C16H19NO2/c1-4-6-13-11(5-2)15(16(18)19)12-9-10(3)7-8-14(12)17-13/h7-9H,4-6H2,1-3H3,(H,18,19). The van der Waals surface area contributed by atoms with Crippen molar-refractivity contribution in [1.29, 1.82) is 0 Å². The number of aryl methyl sites for hydroxylation is 2. The van der Waals surface area contributed by atoms with Gasteiger partial charge in [-0.1, -0.05) is 31.9 Å². The minimum absolute atomic E-state index is 0.430. The van der Waals surface area contributed by atoms with Gasteiger partial charge in [0.25, 0.3) is 0 Å². The second-order valence-electron chi connectivity index (χ2n) is 4.84. The molecule has 0 aliphatic rings. The van der Waals surface area contributed by atoms with Crippen LogP contribution in [0.2, 0.25) is 0 Å². The number of aromatic carboxylic acids is 1. The maximum atomic E-state index is 11.6. The van der Waals surface area contributed by atoms with E-state index in [4.69, 9.17) is 0 Å². The Morgan fingerprint density at radius 2 is 2.05 bits per heavy atom. The molecule has 0 bridgehead atoms. The van der Waals surface area contributed by atoms with Crippen molar-refractivity contribution in [2.24, 2.45) is 0 Å². The van der Waals surface area contributed by atoms with Crippen LogP contribution in [0, 0.1) is 6.92 Å². The van der Waals surface area contributed by atoms with Crippen LogP contribution in [0.5, 0.6) is 0 Å². The number of hydrogen-bond acceptors (Lipinski definition) is 2. The average molecular weight is 257 g/mol. The monoisotopic (exact) mass is 257 g/mol. The molecule has 0 aliphatic carbocycles. The lowest BCUT2D eigenvalue weighted by Crippen LogP contribution is -2.09. The minimum atomic E-state index is -0.854. The van der Waals surface area contributed by atoms with Crippen LogP contribution in [0.1, 0.15) is 47.4 Å². The Balaban J connectivity index is 2.86. The van der Waals surface area contributed by atoms with Crippen LogP contribution in [0.15, 0.2) is 18.2 Å². The molecule has 19 heavy (non-hydrogen) atoms. The molecule has 0 aliphatic heterocycles. The van der Waals surface area contributed by atoms with E-state index in [0.717, 1.165) is 40.6 Å². The zero-order chi connectivity index (χ0) is 14.0. The van der Waals surface area contributed by atoms with Crippen LogP contribution in [0.3, 0.4) is 0 Å². The average Bonchev–Trinajstić information content (AvgIpc) is 2.37. The molecule has 0 amide bonds. The molecule has 0 spiro atoms. The highest BCUT2D eigenvalue weighted by atomic mass is 16.4. The van der Waals surface area contributed by atoms with E-state index in [-0.39, 0.29) is 0 Å². The molecule has 1 heterocycles. The van der Waals surface area contributed by atoms with Crippen LogP contribution >= 0.6 is 0 Å². The summed E-state index contributed by atoms with van der Waals surface area (Å²) in [5, 5.41) is 10.3. The lowest BCUT2D eigenvalue weighted by molar-refractivity contribution is 0.0697. The number of hydrogen-bond donors (Lipinski definition) is 1. The number of carboxylic acid groups (broad SMARTS) is 1. The molecular formula is C16H19NO2. The van der Waals surface area contributed by atoms with Gasteiger partial charge in [-0.15, -0.1) is 0 Å². The molecule has 0 radical (unpaired) electrons. The van der Waals surface area contributed by atoms with Crippen molar-refractivity contribution >= 4 is 16.9 Å². The first kappa shape index (κ1) is 13.5. The largest absolute Gasteiger partial charge is 0.478 e. The number of aromatic nitrogens is 1. The lowest BCUT2D eigenvalue weighted by Gasteiger charge is -2.13. The fraction of sp³-hybridized carbons (Fsp3) is 0.375. The smallest absolute Gasteiger partial charge is 0.336 e. The normalized spacial score (nSPS) is 10.9. The molecular weight excluding hydrogens is 238 g/mol. The van der Waals surface area contributed by atoms with Gasteiger partial charge in [0.05, 0.1) is 11.1 Å².